The zero-order valence-corrected chi connectivity index (χ0v) is 14.9. The normalized spacial score (nSPS) is 15.9. The molecule has 7 nitrogen and oxygen atoms in total. The molecule has 8 heteroatoms. The Bertz CT molecular complexity index is 979. The molecule has 3 N–H and O–H groups in total. The number of pyridine rings is 1. The lowest BCUT2D eigenvalue weighted by Gasteiger charge is -2.28. The van der Waals surface area contributed by atoms with Crippen molar-refractivity contribution in [3.05, 3.63) is 74.8 Å². The van der Waals surface area contributed by atoms with Gasteiger partial charge in [-0.3, -0.25) is 4.79 Å². The number of aromatic nitrogens is 1. The number of nitrogens with zero attached hydrogens (tertiary/aromatic N) is 1. The van der Waals surface area contributed by atoms with Gasteiger partial charge in [0.1, 0.15) is 17.1 Å². The third-order valence-electron chi connectivity index (χ3n) is 4.50. The first-order valence-electron chi connectivity index (χ1n) is 8.25. The molecule has 3 rings (SSSR count). The molecule has 0 bridgehead atoms. The molecule has 0 fully saturated rings. The van der Waals surface area contributed by atoms with Gasteiger partial charge >= 0.3 is 5.97 Å². The predicted octanol–water partition coefficient (Wildman–Crippen LogP) is 1.16. The van der Waals surface area contributed by atoms with Crippen LogP contribution in [0.25, 0.3) is 0 Å². The summed E-state index contributed by atoms with van der Waals surface area (Å²) in [7, 11) is 1.19. The summed E-state index contributed by atoms with van der Waals surface area (Å²) in [6, 6.07) is 7.03. The van der Waals surface area contributed by atoms with E-state index in [2.05, 4.69) is 0 Å². The van der Waals surface area contributed by atoms with Crippen molar-refractivity contribution >= 4 is 5.97 Å². The molecule has 1 aromatic carbocycles. The third kappa shape index (κ3) is 3.19. The van der Waals surface area contributed by atoms with Gasteiger partial charge in [-0.2, -0.15) is 0 Å². The second-order valence-corrected chi connectivity index (χ2v) is 6.10. The average molecular weight is 374 g/mol. The lowest BCUT2D eigenvalue weighted by Crippen LogP contribution is -2.35. The van der Waals surface area contributed by atoms with E-state index in [-0.39, 0.29) is 35.9 Å². The molecule has 0 saturated heterocycles. The fraction of sp³-hybridized carbons (Fsp3) is 0.263. The molecular formula is C19H19FN2O5. The zero-order valence-electron chi connectivity index (χ0n) is 14.9. The lowest BCUT2D eigenvalue weighted by molar-refractivity contribution is -0.136. The van der Waals surface area contributed by atoms with Gasteiger partial charge in [-0.15, -0.1) is 0 Å². The van der Waals surface area contributed by atoms with Crippen molar-refractivity contribution in [1.82, 2.24) is 4.57 Å². The van der Waals surface area contributed by atoms with Crippen molar-refractivity contribution in [3.63, 3.8) is 0 Å². The number of aliphatic hydroxyl groups excluding tert-OH is 1. The van der Waals surface area contributed by atoms with Crippen LogP contribution in [0, 0.1) is 12.7 Å². The van der Waals surface area contributed by atoms with Crippen LogP contribution in [-0.4, -0.2) is 29.4 Å². The third-order valence-corrected chi connectivity index (χ3v) is 4.50. The number of benzene rings is 1. The summed E-state index contributed by atoms with van der Waals surface area (Å²) >= 11 is 0. The average Bonchev–Trinajstić information content (AvgIpc) is 2.64. The maximum absolute atomic E-state index is 13.4. The van der Waals surface area contributed by atoms with Gasteiger partial charge in [0.25, 0.3) is 5.56 Å². The molecule has 2 heterocycles. The molecule has 0 spiro atoms. The molecule has 0 amide bonds. The van der Waals surface area contributed by atoms with Gasteiger partial charge in [-0.25, -0.2) is 9.18 Å². The number of hydrogen-bond donors (Lipinski definition) is 2. The number of aliphatic hydroxyl groups is 1. The van der Waals surface area contributed by atoms with Gasteiger partial charge < -0.3 is 24.9 Å². The Kier molecular flexibility index (Phi) is 5.00. The number of esters is 1. The topological polar surface area (TPSA) is 104 Å². The molecular weight excluding hydrogens is 355 g/mol. The second-order valence-electron chi connectivity index (χ2n) is 6.10. The van der Waals surface area contributed by atoms with Crippen LogP contribution in [0.15, 0.2) is 46.6 Å². The highest BCUT2D eigenvalue weighted by Crippen LogP contribution is 2.41. The van der Waals surface area contributed by atoms with E-state index in [1.807, 2.05) is 0 Å². The van der Waals surface area contributed by atoms with Gasteiger partial charge in [0.15, 0.2) is 0 Å². The monoisotopic (exact) mass is 374 g/mol. The fourth-order valence-electron chi connectivity index (χ4n) is 3.26. The number of rotatable bonds is 4. The maximum atomic E-state index is 13.4. The molecule has 0 unspecified atom stereocenters. The van der Waals surface area contributed by atoms with Crippen LogP contribution in [0.4, 0.5) is 4.39 Å². The predicted molar refractivity (Wildman–Crippen MR) is 94.6 cm³/mol. The molecule has 1 aliphatic rings. The molecule has 1 atom stereocenters. The zero-order chi connectivity index (χ0) is 19.7. The number of methoxy groups -OCH3 is 1. The quantitative estimate of drug-likeness (QED) is 0.779. The number of fused-ring (bicyclic) bond motifs is 1. The number of carbonyl (C=O) groups excluding carboxylic acids is 1. The van der Waals surface area contributed by atoms with Crippen molar-refractivity contribution in [3.8, 4) is 5.75 Å². The Morgan fingerprint density at radius 2 is 2.04 bits per heavy atom. The first kappa shape index (κ1) is 18.7. The van der Waals surface area contributed by atoms with E-state index in [1.165, 1.54) is 35.9 Å². The van der Waals surface area contributed by atoms with Crippen LogP contribution < -0.4 is 16.0 Å². The van der Waals surface area contributed by atoms with E-state index < -0.39 is 23.3 Å². The minimum atomic E-state index is -0.889. The van der Waals surface area contributed by atoms with Crippen molar-refractivity contribution in [2.75, 3.05) is 13.7 Å². The Morgan fingerprint density at radius 3 is 2.63 bits per heavy atom. The van der Waals surface area contributed by atoms with Gasteiger partial charge in [0.2, 0.25) is 5.88 Å². The number of nitrogens with two attached hydrogens (primary N) is 1. The maximum Gasteiger partial charge on any atom is 0.340 e. The Morgan fingerprint density at radius 1 is 1.37 bits per heavy atom. The highest BCUT2D eigenvalue weighted by atomic mass is 19.1. The van der Waals surface area contributed by atoms with Crippen LogP contribution >= 0.6 is 0 Å². The molecule has 1 aromatic heterocycles. The van der Waals surface area contributed by atoms with Gasteiger partial charge in [0.05, 0.1) is 25.2 Å². The Balaban J connectivity index is 2.32. The smallest absolute Gasteiger partial charge is 0.340 e. The van der Waals surface area contributed by atoms with Crippen LogP contribution in [0.3, 0.4) is 0 Å². The fourth-order valence-corrected chi connectivity index (χ4v) is 3.26. The van der Waals surface area contributed by atoms with Crippen LogP contribution in [0.1, 0.15) is 22.7 Å². The second kappa shape index (κ2) is 7.24. The van der Waals surface area contributed by atoms with Gasteiger partial charge in [-0.1, -0.05) is 12.1 Å². The van der Waals surface area contributed by atoms with Crippen molar-refractivity contribution < 1.29 is 23.8 Å². The molecule has 0 saturated carbocycles. The minimum absolute atomic E-state index is 0.0342. The summed E-state index contributed by atoms with van der Waals surface area (Å²) in [5.74, 6) is -2.06. The van der Waals surface area contributed by atoms with E-state index in [1.54, 1.807) is 13.0 Å². The lowest BCUT2D eigenvalue weighted by atomic mass is 9.83. The standard InChI is InChI=1S/C19H19FN2O5/c1-10-9-13-15(18(24)22(10)7-8-23)14(11-3-5-12(20)6-4-11)16(17(21)27-13)19(25)26-2/h3-6,9,14,23H,7-8,21H2,1-2H3/t14-/m1/s1. The van der Waals surface area contributed by atoms with E-state index in [4.69, 9.17) is 15.2 Å². The van der Waals surface area contributed by atoms with E-state index in [0.717, 1.165) is 0 Å². The summed E-state index contributed by atoms with van der Waals surface area (Å²) in [5, 5.41) is 9.27. The van der Waals surface area contributed by atoms with Crippen molar-refractivity contribution in [2.45, 2.75) is 19.4 Å². The number of carbonyl (C=O) groups is 1. The number of hydrogen-bond acceptors (Lipinski definition) is 6. The molecule has 2 aromatic rings. The van der Waals surface area contributed by atoms with Crippen molar-refractivity contribution in [1.29, 1.82) is 0 Å². The summed E-state index contributed by atoms with van der Waals surface area (Å²) < 4.78 is 25.1. The van der Waals surface area contributed by atoms with Crippen LogP contribution in [0.2, 0.25) is 0 Å². The summed E-state index contributed by atoms with van der Waals surface area (Å²) in [6.07, 6.45) is 0. The highest BCUT2D eigenvalue weighted by molar-refractivity contribution is 5.92. The van der Waals surface area contributed by atoms with Crippen LogP contribution in [0.5, 0.6) is 5.75 Å². The molecule has 0 radical (unpaired) electrons. The first-order chi connectivity index (χ1) is 12.9. The van der Waals surface area contributed by atoms with Crippen molar-refractivity contribution in [2.24, 2.45) is 5.73 Å². The number of aryl methyl sites for hydroxylation is 1. The molecule has 1 aliphatic heterocycles. The number of ether oxygens (including phenoxy) is 2. The van der Waals surface area contributed by atoms with E-state index >= 15 is 0 Å². The summed E-state index contributed by atoms with van der Waals surface area (Å²) in [4.78, 5) is 25.5. The number of halogens is 1. The first-order valence-corrected chi connectivity index (χ1v) is 8.25. The Labute approximate surface area is 154 Å². The largest absolute Gasteiger partial charge is 0.465 e. The molecule has 27 heavy (non-hydrogen) atoms. The van der Waals surface area contributed by atoms with Gasteiger partial charge in [-0.05, 0) is 24.6 Å². The molecule has 142 valence electrons. The molecule has 0 aliphatic carbocycles. The van der Waals surface area contributed by atoms with E-state index in [9.17, 15) is 19.1 Å². The van der Waals surface area contributed by atoms with Crippen LogP contribution in [-0.2, 0) is 16.1 Å². The van der Waals surface area contributed by atoms with Gasteiger partial charge in [0, 0.05) is 18.3 Å². The summed E-state index contributed by atoms with van der Waals surface area (Å²) in [5.41, 5.74) is 6.73. The minimum Gasteiger partial charge on any atom is -0.465 e. The van der Waals surface area contributed by atoms with E-state index in [0.29, 0.717) is 11.3 Å². The summed E-state index contributed by atoms with van der Waals surface area (Å²) in [6.45, 7) is 1.55. The Hall–Kier alpha value is -3.13. The SMILES string of the molecule is COC(=O)C1=C(N)Oc2cc(C)n(CCO)c(=O)c2[C@H]1c1ccc(F)cc1. The highest BCUT2D eigenvalue weighted by Gasteiger charge is 2.38.